The number of aliphatic hydroxyl groups excluding tert-OH is 1. The van der Waals surface area contributed by atoms with Crippen molar-refractivity contribution in [3.63, 3.8) is 0 Å². The summed E-state index contributed by atoms with van der Waals surface area (Å²) in [5.74, 6) is 0. The number of rotatable bonds is 4. The van der Waals surface area contributed by atoms with Gasteiger partial charge < -0.3 is 19.0 Å². The van der Waals surface area contributed by atoms with Crippen LogP contribution in [0.2, 0.25) is 18.1 Å². The molecule has 1 fully saturated rings. The van der Waals surface area contributed by atoms with E-state index in [0.717, 1.165) is 0 Å². The summed E-state index contributed by atoms with van der Waals surface area (Å²) in [4.78, 5) is 18.7. The fraction of sp³-hybridized carbons (Fsp3) is 0.900. The number of ether oxygens (including phenoxy) is 2. The van der Waals surface area contributed by atoms with Crippen LogP contribution < -0.4 is 0 Å². The average Bonchev–Trinajstić information content (AvgIpc) is 2.92. The zero-order chi connectivity index (χ0) is 22.2. The summed E-state index contributed by atoms with van der Waals surface area (Å²) in [6.07, 6.45) is -0.938. The van der Waals surface area contributed by atoms with E-state index in [1.165, 1.54) is 16.7 Å². The molecule has 0 aromatic rings. The predicted octanol–water partition coefficient (Wildman–Crippen LogP) is 4.21. The van der Waals surface area contributed by atoms with E-state index < -0.39 is 26.1 Å². The summed E-state index contributed by atoms with van der Waals surface area (Å²) in [5, 5.41) is 11.3. The number of amidine groups is 1. The predicted molar refractivity (Wildman–Crippen MR) is 120 cm³/mol. The molecule has 29 heavy (non-hydrogen) atoms. The van der Waals surface area contributed by atoms with Crippen molar-refractivity contribution >= 4 is 31.3 Å². The second kappa shape index (κ2) is 8.86. The van der Waals surface area contributed by atoms with E-state index in [1.54, 1.807) is 0 Å². The summed E-state index contributed by atoms with van der Waals surface area (Å²) >= 11 is 1.42. The van der Waals surface area contributed by atoms with Crippen LogP contribution in [0.5, 0.6) is 0 Å². The highest BCUT2D eigenvalue weighted by atomic mass is 32.2. The van der Waals surface area contributed by atoms with Crippen molar-refractivity contribution < 1.29 is 23.8 Å². The van der Waals surface area contributed by atoms with E-state index in [-0.39, 0.29) is 22.6 Å². The Balaban J connectivity index is 2.00. The van der Waals surface area contributed by atoms with Crippen molar-refractivity contribution in [2.45, 2.75) is 102 Å². The highest BCUT2D eigenvalue weighted by molar-refractivity contribution is 8.14. The van der Waals surface area contributed by atoms with Gasteiger partial charge in [0.05, 0.1) is 18.8 Å². The van der Waals surface area contributed by atoms with Crippen LogP contribution in [0.4, 0.5) is 4.79 Å². The number of carbonyl (C=O) groups is 1. The lowest BCUT2D eigenvalue weighted by Gasteiger charge is -2.40. The maximum atomic E-state index is 12.5. The van der Waals surface area contributed by atoms with Crippen molar-refractivity contribution in [1.29, 1.82) is 0 Å². The first-order chi connectivity index (χ1) is 13.1. The summed E-state index contributed by atoms with van der Waals surface area (Å²) in [7, 11) is -1.92. The fourth-order valence-electron chi connectivity index (χ4n) is 2.81. The van der Waals surface area contributed by atoms with Crippen LogP contribution >= 0.6 is 11.8 Å². The van der Waals surface area contributed by atoms with Crippen LogP contribution in [0, 0.1) is 0 Å². The Kier molecular flexibility index (Phi) is 7.53. The first-order valence-corrected chi connectivity index (χ1v) is 14.2. The van der Waals surface area contributed by atoms with E-state index >= 15 is 0 Å². The summed E-state index contributed by atoms with van der Waals surface area (Å²) in [5.41, 5.74) is -0.794. The van der Waals surface area contributed by atoms with E-state index in [0.29, 0.717) is 24.7 Å². The Hall–Kier alpha value is -0.613. The third-order valence-corrected chi connectivity index (χ3v) is 11.3. The smallest absolute Gasteiger partial charge is 0.416 e. The quantitative estimate of drug-likeness (QED) is 0.652. The average molecular weight is 447 g/mol. The molecule has 0 aromatic carbocycles. The first kappa shape index (κ1) is 24.7. The Morgan fingerprint density at radius 3 is 2.45 bits per heavy atom. The largest absolute Gasteiger partial charge is 0.443 e. The molecule has 9 heteroatoms. The van der Waals surface area contributed by atoms with Gasteiger partial charge in [-0.05, 0) is 45.8 Å². The number of aliphatic hydroxyl groups is 1. The molecule has 0 spiro atoms. The van der Waals surface area contributed by atoms with Crippen LogP contribution in [-0.2, 0) is 13.9 Å². The standard InChI is InChI=1S/C20H38N2O5SSi/c1-10-22(18(24)27-19(2,3)4)17-21-13-11-14(23)15(26-16(13)28-17)12-25-29(8,9)20(5,6)7/h13-16,23H,10-12H2,1-9H3/t13-,14+,15-,16-/m1/s1. The van der Waals surface area contributed by atoms with Gasteiger partial charge >= 0.3 is 6.09 Å². The minimum Gasteiger partial charge on any atom is -0.443 e. The molecule has 2 aliphatic rings. The highest BCUT2D eigenvalue weighted by Crippen LogP contribution is 2.40. The molecule has 0 unspecified atom stereocenters. The number of aliphatic imine (C=N–C) groups is 1. The lowest BCUT2D eigenvalue weighted by atomic mass is 10.0. The molecule has 7 nitrogen and oxygen atoms in total. The second-order valence-corrected chi connectivity index (χ2v) is 16.1. The number of carbonyl (C=O) groups excluding carboxylic acids is 1. The molecule has 1 N–H and O–H groups in total. The van der Waals surface area contributed by atoms with Gasteiger partial charge in [-0.3, -0.25) is 9.89 Å². The van der Waals surface area contributed by atoms with E-state index in [4.69, 9.17) is 13.9 Å². The van der Waals surface area contributed by atoms with E-state index in [2.05, 4.69) is 38.9 Å². The van der Waals surface area contributed by atoms with Gasteiger partial charge in [0.1, 0.15) is 17.1 Å². The van der Waals surface area contributed by atoms with Crippen LogP contribution in [0.15, 0.2) is 4.99 Å². The third-order valence-electron chi connectivity index (χ3n) is 5.61. The summed E-state index contributed by atoms with van der Waals surface area (Å²) in [6.45, 7) is 19.2. The molecule has 0 radical (unpaired) electrons. The molecule has 2 heterocycles. The molecule has 168 valence electrons. The Bertz CT molecular complexity index is 629. The third kappa shape index (κ3) is 6.19. The van der Waals surface area contributed by atoms with Crippen molar-refractivity contribution in [2.75, 3.05) is 13.2 Å². The molecule has 0 aliphatic carbocycles. The molecule has 2 rings (SSSR count). The number of nitrogens with zero attached hydrogens (tertiary/aromatic N) is 2. The van der Waals surface area contributed by atoms with Gasteiger partial charge in [0.2, 0.25) is 0 Å². The maximum Gasteiger partial charge on any atom is 0.416 e. The molecule has 2 aliphatic heterocycles. The SMILES string of the molecule is CCN(C(=O)OC(C)(C)C)C1=N[C@@H]2C[C@H](O)[C@@H](CO[Si](C)(C)C(C)(C)C)O[C@@H]2S1. The van der Waals surface area contributed by atoms with Gasteiger partial charge in [-0.25, -0.2) is 4.79 Å². The zero-order valence-corrected chi connectivity index (χ0v) is 21.1. The lowest BCUT2D eigenvalue weighted by Crippen LogP contribution is -2.49. The number of thioether (sulfide) groups is 1. The van der Waals surface area contributed by atoms with Gasteiger partial charge in [0.25, 0.3) is 0 Å². The fourth-order valence-corrected chi connectivity index (χ4v) is 5.09. The van der Waals surface area contributed by atoms with Crippen molar-refractivity contribution in [1.82, 2.24) is 4.90 Å². The molecular formula is C20H38N2O5SSi. The summed E-state index contributed by atoms with van der Waals surface area (Å²) in [6, 6.07) is -0.175. The molecule has 0 saturated carbocycles. The van der Waals surface area contributed by atoms with Crippen LogP contribution in [-0.4, -0.2) is 72.0 Å². The normalized spacial score (nSPS) is 28.0. The van der Waals surface area contributed by atoms with Crippen LogP contribution in [0.3, 0.4) is 0 Å². The number of amides is 1. The minimum absolute atomic E-state index is 0.0998. The van der Waals surface area contributed by atoms with Crippen LogP contribution in [0.1, 0.15) is 54.9 Å². The van der Waals surface area contributed by atoms with Gasteiger partial charge in [0, 0.05) is 13.0 Å². The van der Waals surface area contributed by atoms with Gasteiger partial charge in [-0.1, -0.05) is 32.5 Å². The monoisotopic (exact) mass is 446 g/mol. The van der Waals surface area contributed by atoms with E-state index in [1.807, 2.05) is 27.7 Å². The van der Waals surface area contributed by atoms with Gasteiger partial charge in [-0.15, -0.1) is 0 Å². The topological polar surface area (TPSA) is 80.6 Å². The summed E-state index contributed by atoms with van der Waals surface area (Å²) < 4.78 is 17.9. The number of hydrogen-bond acceptors (Lipinski definition) is 7. The van der Waals surface area contributed by atoms with Crippen molar-refractivity contribution in [3.05, 3.63) is 0 Å². The van der Waals surface area contributed by atoms with Crippen molar-refractivity contribution in [3.8, 4) is 0 Å². The second-order valence-electron chi connectivity index (χ2n) is 10.2. The maximum absolute atomic E-state index is 12.5. The molecule has 4 atom stereocenters. The Labute approximate surface area is 180 Å². The lowest BCUT2D eigenvalue weighted by molar-refractivity contribution is -0.109. The highest BCUT2D eigenvalue weighted by Gasteiger charge is 2.45. The Morgan fingerprint density at radius 1 is 1.31 bits per heavy atom. The number of hydrogen-bond donors (Lipinski definition) is 1. The first-order valence-electron chi connectivity index (χ1n) is 10.4. The molecule has 0 aromatic heterocycles. The van der Waals surface area contributed by atoms with Gasteiger partial charge in [-0.2, -0.15) is 0 Å². The minimum atomic E-state index is -1.92. The van der Waals surface area contributed by atoms with E-state index in [9.17, 15) is 9.90 Å². The van der Waals surface area contributed by atoms with Gasteiger partial charge in [0.15, 0.2) is 13.5 Å². The number of fused-ring (bicyclic) bond motifs is 1. The molecule has 1 amide bonds. The zero-order valence-electron chi connectivity index (χ0n) is 19.3. The Morgan fingerprint density at radius 2 is 1.93 bits per heavy atom. The molecule has 1 saturated heterocycles. The van der Waals surface area contributed by atoms with Crippen LogP contribution in [0.25, 0.3) is 0 Å². The van der Waals surface area contributed by atoms with Crippen molar-refractivity contribution in [2.24, 2.45) is 4.99 Å². The molecular weight excluding hydrogens is 408 g/mol. The molecule has 0 bridgehead atoms.